The molecule has 0 radical (unpaired) electrons. The van der Waals surface area contributed by atoms with E-state index in [1.807, 2.05) is 0 Å². The average molecular weight is 392 g/mol. The van der Waals surface area contributed by atoms with Gasteiger partial charge in [-0.3, -0.25) is 20.2 Å². The third kappa shape index (κ3) is 5.06. The molecule has 0 atom stereocenters. The molecule has 0 amide bonds. The first-order valence-electron chi connectivity index (χ1n) is 7.78. The summed E-state index contributed by atoms with van der Waals surface area (Å²) >= 11 is 0. The van der Waals surface area contributed by atoms with Crippen molar-refractivity contribution in [3.63, 3.8) is 0 Å². The van der Waals surface area contributed by atoms with Gasteiger partial charge in [-0.1, -0.05) is 0 Å². The van der Waals surface area contributed by atoms with Gasteiger partial charge in [-0.2, -0.15) is 0 Å². The van der Waals surface area contributed by atoms with E-state index in [-0.39, 0.29) is 29.5 Å². The van der Waals surface area contributed by atoms with Gasteiger partial charge in [0.1, 0.15) is 18.1 Å². The Balaban J connectivity index is 1.97. The molecule has 0 heterocycles. The average Bonchev–Trinajstić information content (AvgIpc) is 2.69. The molecule has 0 N–H and O–H groups in total. The van der Waals surface area contributed by atoms with E-state index in [4.69, 9.17) is 18.9 Å². The molecule has 0 aliphatic carbocycles. The third-order valence-corrected chi connectivity index (χ3v) is 3.57. The van der Waals surface area contributed by atoms with Gasteiger partial charge in [0.25, 0.3) is 5.69 Å². The summed E-state index contributed by atoms with van der Waals surface area (Å²) in [6, 6.07) is 7.70. The van der Waals surface area contributed by atoms with Gasteiger partial charge in [-0.15, -0.1) is 0 Å². The molecule has 2 rings (SSSR count). The van der Waals surface area contributed by atoms with Crippen LogP contribution in [0, 0.1) is 20.2 Å². The normalized spacial score (nSPS) is 10.1. The lowest BCUT2D eigenvalue weighted by atomic mass is 10.2. The maximum atomic E-state index is 11.9. The number of esters is 1. The van der Waals surface area contributed by atoms with E-state index in [9.17, 15) is 25.0 Å². The molecule has 11 nitrogen and oxygen atoms in total. The lowest BCUT2D eigenvalue weighted by Gasteiger charge is -2.10. The number of carbonyl (C=O) groups excluding carboxylic acids is 1. The van der Waals surface area contributed by atoms with E-state index < -0.39 is 22.4 Å². The Morgan fingerprint density at radius 2 is 1.68 bits per heavy atom. The predicted octanol–water partition coefficient (Wildman–Crippen LogP) is 2.64. The number of non-ortho nitro benzene ring substituents is 1. The van der Waals surface area contributed by atoms with Gasteiger partial charge >= 0.3 is 11.7 Å². The quantitative estimate of drug-likeness (QED) is 0.358. The van der Waals surface area contributed by atoms with E-state index >= 15 is 0 Å². The SMILES string of the molecule is COc1ccc([N+](=O)[O-])cc1COC(=O)COc1ccc([N+](=O)[O-])c(OC)c1. The number of benzene rings is 2. The molecule has 0 aromatic heterocycles. The summed E-state index contributed by atoms with van der Waals surface area (Å²) in [4.78, 5) is 32.4. The molecule has 148 valence electrons. The van der Waals surface area contributed by atoms with Crippen molar-refractivity contribution >= 4 is 17.3 Å². The Morgan fingerprint density at radius 1 is 0.964 bits per heavy atom. The Labute approximate surface area is 158 Å². The predicted molar refractivity (Wildman–Crippen MR) is 94.6 cm³/mol. The van der Waals surface area contributed by atoms with E-state index in [2.05, 4.69) is 0 Å². The summed E-state index contributed by atoms with van der Waals surface area (Å²) in [5.74, 6) is -0.255. The molecule has 0 spiro atoms. The number of hydrogen-bond acceptors (Lipinski definition) is 9. The monoisotopic (exact) mass is 392 g/mol. The summed E-state index contributed by atoms with van der Waals surface area (Å²) in [6.07, 6.45) is 0. The molecular formula is C17H16N2O9. The van der Waals surface area contributed by atoms with Crippen LogP contribution in [0.2, 0.25) is 0 Å². The molecule has 2 aromatic rings. The van der Waals surface area contributed by atoms with Crippen LogP contribution in [0.4, 0.5) is 11.4 Å². The van der Waals surface area contributed by atoms with E-state index in [1.54, 1.807) is 0 Å². The lowest BCUT2D eigenvalue weighted by Crippen LogP contribution is -2.15. The van der Waals surface area contributed by atoms with Crippen molar-refractivity contribution in [2.75, 3.05) is 20.8 Å². The molecule has 0 saturated carbocycles. The summed E-state index contributed by atoms with van der Waals surface area (Å²) in [5, 5.41) is 21.7. The fourth-order valence-electron chi connectivity index (χ4n) is 2.23. The summed E-state index contributed by atoms with van der Waals surface area (Å²) in [7, 11) is 2.66. The Morgan fingerprint density at radius 3 is 2.29 bits per heavy atom. The molecule has 0 fully saturated rings. The Bertz CT molecular complexity index is 898. The smallest absolute Gasteiger partial charge is 0.344 e. The standard InChI is InChI=1S/C17H16N2O9/c1-25-15-6-3-12(18(21)22)7-11(15)9-28-17(20)10-27-13-4-5-14(19(23)24)16(8-13)26-2/h3-8H,9-10H2,1-2H3. The second-order valence-corrected chi connectivity index (χ2v) is 5.29. The topological polar surface area (TPSA) is 140 Å². The number of ether oxygens (including phenoxy) is 4. The summed E-state index contributed by atoms with van der Waals surface area (Å²) < 4.78 is 20.3. The van der Waals surface area contributed by atoms with Crippen LogP contribution in [0.25, 0.3) is 0 Å². The number of carbonyl (C=O) groups is 1. The number of methoxy groups -OCH3 is 2. The highest BCUT2D eigenvalue weighted by atomic mass is 16.6. The second kappa shape index (κ2) is 9.16. The fraction of sp³-hybridized carbons (Fsp3) is 0.235. The van der Waals surface area contributed by atoms with Crippen molar-refractivity contribution in [1.82, 2.24) is 0 Å². The number of hydrogen-bond donors (Lipinski definition) is 0. The summed E-state index contributed by atoms with van der Waals surface area (Å²) in [6.45, 7) is -0.727. The van der Waals surface area contributed by atoms with Gasteiger partial charge in [0, 0.05) is 29.8 Å². The van der Waals surface area contributed by atoms with E-state index in [0.717, 1.165) is 0 Å². The first-order chi connectivity index (χ1) is 13.3. The zero-order chi connectivity index (χ0) is 20.7. The molecule has 0 unspecified atom stereocenters. The molecule has 0 saturated heterocycles. The number of nitrogens with zero attached hydrogens (tertiary/aromatic N) is 2. The Hall–Kier alpha value is -3.89. The van der Waals surface area contributed by atoms with Gasteiger partial charge in [0.15, 0.2) is 6.61 Å². The lowest BCUT2D eigenvalue weighted by molar-refractivity contribution is -0.385. The molecular weight excluding hydrogens is 376 g/mol. The van der Waals surface area contributed by atoms with Crippen molar-refractivity contribution in [3.8, 4) is 17.2 Å². The highest BCUT2D eigenvalue weighted by molar-refractivity contribution is 5.71. The fourth-order valence-corrected chi connectivity index (χ4v) is 2.23. The number of nitro benzene ring substituents is 2. The van der Waals surface area contributed by atoms with Crippen molar-refractivity contribution < 1.29 is 33.6 Å². The van der Waals surface area contributed by atoms with Crippen LogP contribution < -0.4 is 14.2 Å². The van der Waals surface area contributed by atoms with Gasteiger partial charge in [-0.05, 0) is 12.1 Å². The van der Waals surface area contributed by atoms with Gasteiger partial charge in [0.2, 0.25) is 5.75 Å². The minimum absolute atomic E-state index is 0.0165. The molecule has 11 heteroatoms. The maximum Gasteiger partial charge on any atom is 0.344 e. The molecule has 0 aliphatic rings. The van der Waals surface area contributed by atoms with Crippen LogP contribution in [-0.4, -0.2) is 36.6 Å². The molecule has 0 bridgehead atoms. The van der Waals surface area contributed by atoms with Crippen LogP contribution >= 0.6 is 0 Å². The molecule has 28 heavy (non-hydrogen) atoms. The van der Waals surface area contributed by atoms with E-state index in [1.165, 1.54) is 50.6 Å². The van der Waals surface area contributed by atoms with Crippen LogP contribution in [0.1, 0.15) is 5.56 Å². The van der Waals surface area contributed by atoms with Crippen LogP contribution in [0.3, 0.4) is 0 Å². The first-order valence-corrected chi connectivity index (χ1v) is 7.78. The van der Waals surface area contributed by atoms with Crippen molar-refractivity contribution in [2.24, 2.45) is 0 Å². The molecule has 2 aromatic carbocycles. The van der Waals surface area contributed by atoms with Crippen molar-refractivity contribution in [3.05, 3.63) is 62.2 Å². The third-order valence-electron chi connectivity index (χ3n) is 3.57. The van der Waals surface area contributed by atoms with Crippen molar-refractivity contribution in [1.29, 1.82) is 0 Å². The number of rotatable bonds is 9. The minimum Gasteiger partial charge on any atom is -0.496 e. The van der Waals surface area contributed by atoms with Gasteiger partial charge in [-0.25, -0.2) is 4.79 Å². The van der Waals surface area contributed by atoms with Crippen LogP contribution in [0.5, 0.6) is 17.2 Å². The first kappa shape index (κ1) is 20.4. The van der Waals surface area contributed by atoms with Gasteiger partial charge < -0.3 is 18.9 Å². The number of nitro groups is 2. The van der Waals surface area contributed by atoms with E-state index in [0.29, 0.717) is 11.3 Å². The zero-order valence-electron chi connectivity index (χ0n) is 14.9. The van der Waals surface area contributed by atoms with Crippen molar-refractivity contribution in [2.45, 2.75) is 6.61 Å². The highest BCUT2D eigenvalue weighted by Crippen LogP contribution is 2.30. The second-order valence-electron chi connectivity index (χ2n) is 5.29. The molecule has 0 aliphatic heterocycles. The maximum absolute atomic E-state index is 11.9. The largest absolute Gasteiger partial charge is 0.496 e. The van der Waals surface area contributed by atoms with Gasteiger partial charge in [0.05, 0.1) is 24.1 Å². The van der Waals surface area contributed by atoms with Crippen LogP contribution in [0.15, 0.2) is 36.4 Å². The Kier molecular flexibility index (Phi) is 6.68. The summed E-state index contributed by atoms with van der Waals surface area (Å²) in [5.41, 5.74) is -0.0849. The zero-order valence-corrected chi connectivity index (χ0v) is 14.9. The minimum atomic E-state index is -0.745. The van der Waals surface area contributed by atoms with Crippen LogP contribution in [-0.2, 0) is 16.1 Å². The highest BCUT2D eigenvalue weighted by Gasteiger charge is 2.17.